The van der Waals surface area contributed by atoms with Crippen LogP contribution in [0.15, 0.2) is 42.5 Å². The van der Waals surface area contributed by atoms with Crippen LogP contribution in [0.3, 0.4) is 0 Å². The average Bonchev–Trinajstić information content (AvgIpc) is 2.50. The molecule has 0 aromatic heterocycles. The molecular formula is C17H14F2O2. The Morgan fingerprint density at radius 3 is 2.81 bits per heavy atom. The highest BCUT2D eigenvalue weighted by Gasteiger charge is 2.25. The van der Waals surface area contributed by atoms with E-state index >= 15 is 0 Å². The van der Waals surface area contributed by atoms with Crippen LogP contribution in [0.5, 0.6) is 5.75 Å². The zero-order chi connectivity index (χ0) is 14.8. The molecule has 1 heterocycles. The number of halogens is 2. The van der Waals surface area contributed by atoms with E-state index < -0.39 is 11.6 Å². The van der Waals surface area contributed by atoms with Crippen molar-refractivity contribution in [2.45, 2.75) is 18.8 Å². The van der Waals surface area contributed by atoms with Gasteiger partial charge in [0.25, 0.3) is 0 Å². The van der Waals surface area contributed by atoms with E-state index in [-0.39, 0.29) is 23.7 Å². The molecule has 2 nitrogen and oxygen atoms in total. The second kappa shape index (κ2) is 5.64. The van der Waals surface area contributed by atoms with Crippen molar-refractivity contribution in [3.63, 3.8) is 0 Å². The summed E-state index contributed by atoms with van der Waals surface area (Å²) in [6.07, 6.45) is 0.848. The van der Waals surface area contributed by atoms with E-state index in [0.29, 0.717) is 13.0 Å². The van der Waals surface area contributed by atoms with Crippen LogP contribution in [0.2, 0.25) is 0 Å². The second-order valence-corrected chi connectivity index (χ2v) is 5.10. The van der Waals surface area contributed by atoms with Gasteiger partial charge in [-0.2, -0.15) is 0 Å². The SMILES string of the molecule is O=C(CC1CCOc2ccccc21)c1cccc(F)c1F. The molecule has 0 amide bonds. The van der Waals surface area contributed by atoms with Gasteiger partial charge in [-0.25, -0.2) is 8.78 Å². The molecule has 0 N–H and O–H groups in total. The zero-order valence-electron chi connectivity index (χ0n) is 11.3. The van der Waals surface area contributed by atoms with Crippen molar-refractivity contribution in [1.29, 1.82) is 0 Å². The highest BCUT2D eigenvalue weighted by Crippen LogP contribution is 2.36. The van der Waals surface area contributed by atoms with Crippen molar-refractivity contribution in [2.75, 3.05) is 6.61 Å². The van der Waals surface area contributed by atoms with Gasteiger partial charge in [0.2, 0.25) is 0 Å². The lowest BCUT2D eigenvalue weighted by Gasteiger charge is -2.25. The van der Waals surface area contributed by atoms with E-state index in [2.05, 4.69) is 0 Å². The van der Waals surface area contributed by atoms with Crippen LogP contribution in [0.25, 0.3) is 0 Å². The molecule has 4 heteroatoms. The van der Waals surface area contributed by atoms with Gasteiger partial charge in [-0.15, -0.1) is 0 Å². The van der Waals surface area contributed by atoms with Gasteiger partial charge in [0.1, 0.15) is 5.75 Å². The quantitative estimate of drug-likeness (QED) is 0.795. The number of hydrogen-bond acceptors (Lipinski definition) is 2. The summed E-state index contributed by atoms with van der Waals surface area (Å²) in [7, 11) is 0. The third kappa shape index (κ3) is 2.66. The molecule has 0 fully saturated rings. The van der Waals surface area contributed by atoms with Crippen molar-refractivity contribution in [2.24, 2.45) is 0 Å². The molecule has 1 unspecified atom stereocenters. The van der Waals surface area contributed by atoms with Crippen LogP contribution < -0.4 is 4.74 Å². The Bertz CT molecular complexity index is 682. The fraction of sp³-hybridized carbons (Fsp3) is 0.235. The maximum Gasteiger partial charge on any atom is 0.169 e. The van der Waals surface area contributed by atoms with Crippen molar-refractivity contribution >= 4 is 5.78 Å². The number of carbonyl (C=O) groups is 1. The number of hydrogen-bond donors (Lipinski definition) is 0. The van der Waals surface area contributed by atoms with Gasteiger partial charge >= 0.3 is 0 Å². The van der Waals surface area contributed by atoms with Crippen LogP contribution in [0.1, 0.15) is 34.7 Å². The molecule has 21 heavy (non-hydrogen) atoms. The van der Waals surface area contributed by atoms with E-state index in [9.17, 15) is 13.6 Å². The van der Waals surface area contributed by atoms with E-state index in [1.165, 1.54) is 12.1 Å². The predicted molar refractivity (Wildman–Crippen MR) is 74.6 cm³/mol. The second-order valence-electron chi connectivity index (χ2n) is 5.10. The molecule has 0 aliphatic carbocycles. The zero-order valence-corrected chi connectivity index (χ0v) is 11.3. The number of carbonyl (C=O) groups excluding carboxylic acids is 1. The third-order valence-corrected chi connectivity index (χ3v) is 3.77. The summed E-state index contributed by atoms with van der Waals surface area (Å²) in [6, 6.07) is 11.2. The lowest BCUT2D eigenvalue weighted by Crippen LogP contribution is -2.17. The summed E-state index contributed by atoms with van der Waals surface area (Å²) in [5, 5.41) is 0. The number of ether oxygens (including phenoxy) is 1. The standard InChI is InChI=1S/C17H14F2O2/c18-14-6-3-5-13(17(14)19)15(20)10-11-8-9-21-16-7-2-1-4-12(11)16/h1-7,11H,8-10H2. The number of Topliss-reactive ketones (excluding diaryl/α,β-unsaturated/α-hetero) is 1. The van der Waals surface area contributed by atoms with Crippen LogP contribution in [-0.2, 0) is 0 Å². The first-order valence-electron chi connectivity index (χ1n) is 6.85. The van der Waals surface area contributed by atoms with Gasteiger partial charge in [0.15, 0.2) is 17.4 Å². The van der Waals surface area contributed by atoms with Crippen molar-refractivity contribution in [3.05, 3.63) is 65.2 Å². The summed E-state index contributed by atoms with van der Waals surface area (Å²) >= 11 is 0. The van der Waals surface area contributed by atoms with E-state index in [1.54, 1.807) is 0 Å². The van der Waals surface area contributed by atoms with Crippen molar-refractivity contribution in [3.8, 4) is 5.75 Å². The molecular weight excluding hydrogens is 274 g/mol. The smallest absolute Gasteiger partial charge is 0.169 e. The molecule has 0 radical (unpaired) electrons. The largest absolute Gasteiger partial charge is 0.493 e. The number of rotatable bonds is 3. The van der Waals surface area contributed by atoms with Crippen molar-refractivity contribution < 1.29 is 18.3 Å². The number of ketones is 1. The Hall–Kier alpha value is -2.23. The van der Waals surface area contributed by atoms with Crippen LogP contribution in [0, 0.1) is 11.6 Å². The number of benzene rings is 2. The number of fused-ring (bicyclic) bond motifs is 1. The average molecular weight is 288 g/mol. The molecule has 1 aliphatic heterocycles. The maximum atomic E-state index is 13.7. The normalized spacial score (nSPS) is 17.0. The third-order valence-electron chi connectivity index (χ3n) is 3.77. The highest BCUT2D eigenvalue weighted by atomic mass is 19.2. The van der Waals surface area contributed by atoms with E-state index in [0.717, 1.165) is 17.4 Å². The lowest BCUT2D eigenvalue weighted by atomic mass is 9.87. The first kappa shape index (κ1) is 13.7. The lowest BCUT2D eigenvalue weighted by molar-refractivity contribution is 0.0961. The molecule has 0 saturated carbocycles. The monoisotopic (exact) mass is 288 g/mol. The molecule has 0 saturated heterocycles. The van der Waals surface area contributed by atoms with Gasteiger partial charge in [-0.1, -0.05) is 24.3 Å². The first-order chi connectivity index (χ1) is 10.2. The molecule has 0 spiro atoms. The van der Waals surface area contributed by atoms with Gasteiger partial charge in [-0.05, 0) is 36.1 Å². The van der Waals surface area contributed by atoms with Gasteiger partial charge in [-0.3, -0.25) is 4.79 Å². The minimum Gasteiger partial charge on any atom is -0.493 e. The molecule has 0 bridgehead atoms. The fourth-order valence-corrected chi connectivity index (χ4v) is 2.68. The minimum atomic E-state index is -1.07. The Kier molecular flexibility index (Phi) is 3.69. The van der Waals surface area contributed by atoms with Crippen LogP contribution in [0.4, 0.5) is 8.78 Å². The molecule has 1 atom stereocenters. The summed E-state index contributed by atoms with van der Waals surface area (Å²) in [5.74, 6) is -1.70. The minimum absolute atomic E-state index is 0.0230. The summed E-state index contributed by atoms with van der Waals surface area (Å²) in [5.41, 5.74) is 0.771. The predicted octanol–water partition coefficient (Wildman–Crippen LogP) is 4.10. The topological polar surface area (TPSA) is 26.3 Å². The molecule has 2 aromatic carbocycles. The molecule has 108 valence electrons. The van der Waals surface area contributed by atoms with Crippen LogP contribution in [-0.4, -0.2) is 12.4 Å². The molecule has 1 aliphatic rings. The van der Waals surface area contributed by atoms with Gasteiger partial charge < -0.3 is 4.74 Å². The van der Waals surface area contributed by atoms with Crippen LogP contribution >= 0.6 is 0 Å². The van der Waals surface area contributed by atoms with Gasteiger partial charge in [0.05, 0.1) is 12.2 Å². The molecule has 2 aromatic rings. The summed E-state index contributed by atoms with van der Waals surface area (Å²) in [4.78, 5) is 12.2. The maximum absolute atomic E-state index is 13.7. The Balaban J connectivity index is 1.85. The van der Waals surface area contributed by atoms with Gasteiger partial charge in [0, 0.05) is 6.42 Å². The van der Waals surface area contributed by atoms with E-state index in [4.69, 9.17) is 4.74 Å². The number of para-hydroxylation sites is 1. The summed E-state index contributed by atoms with van der Waals surface area (Å²) < 4.78 is 32.4. The van der Waals surface area contributed by atoms with Crippen molar-refractivity contribution in [1.82, 2.24) is 0 Å². The summed E-state index contributed by atoms with van der Waals surface area (Å²) in [6.45, 7) is 0.528. The fourth-order valence-electron chi connectivity index (χ4n) is 2.68. The Morgan fingerprint density at radius 2 is 1.95 bits per heavy atom. The Morgan fingerprint density at radius 1 is 1.14 bits per heavy atom. The Labute approximate surface area is 121 Å². The highest BCUT2D eigenvalue weighted by molar-refractivity contribution is 5.96. The molecule has 3 rings (SSSR count). The van der Waals surface area contributed by atoms with E-state index in [1.807, 2.05) is 24.3 Å². The first-order valence-corrected chi connectivity index (χ1v) is 6.85.